The van der Waals surface area contributed by atoms with Crippen LogP contribution >= 0.6 is 15.9 Å². The summed E-state index contributed by atoms with van der Waals surface area (Å²) in [6.45, 7) is 7.50. The number of aromatic nitrogens is 3. The summed E-state index contributed by atoms with van der Waals surface area (Å²) in [7, 11) is 0. The van der Waals surface area contributed by atoms with Gasteiger partial charge in [-0.05, 0) is 70.9 Å². The van der Waals surface area contributed by atoms with Crippen LogP contribution in [0.3, 0.4) is 0 Å². The number of hydrogen-bond donors (Lipinski definition) is 3. The van der Waals surface area contributed by atoms with Crippen molar-refractivity contribution in [3.8, 4) is 5.75 Å². The predicted molar refractivity (Wildman–Crippen MR) is 226 cm³/mol. The maximum absolute atomic E-state index is 14.0. The Hall–Kier alpha value is -4.61. The van der Waals surface area contributed by atoms with Crippen molar-refractivity contribution in [1.29, 1.82) is 0 Å². The van der Waals surface area contributed by atoms with E-state index < -0.39 is 36.4 Å². The molecule has 4 fully saturated rings. The molecule has 4 N–H and O–H groups in total. The molecule has 1 saturated carbocycles. The molecule has 0 radical (unpaired) electrons. The van der Waals surface area contributed by atoms with Crippen LogP contribution in [0.5, 0.6) is 5.75 Å². The number of nitrogens with two attached hydrogens (primary N) is 1. The third kappa shape index (κ3) is 11.4. The molecule has 1 aliphatic carbocycles. The number of ether oxygens (including phenoxy) is 8. The average molecular weight is 945 g/mol. The lowest BCUT2D eigenvalue weighted by Crippen LogP contribution is -2.47. The zero-order valence-electron chi connectivity index (χ0n) is 35.5. The maximum Gasteiger partial charge on any atom is 0.332 e. The highest BCUT2D eigenvalue weighted by Gasteiger charge is 2.64. The Labute approximate surface area is 372 Å². The highest BCUT2D eigenvalue weighted by Crippen LogP contribution is 2.59. The van der Waals surface area contributed by atoms with E-state index in [1.807, 2.05) is 13.0 Å². The van der Waals surface area contributed by atoms with Crippen molar-refractivity contribution in [1.82, 2.24) is 25.0 Å². The summed E-state index contributed by atoms with van der Waals surface area (Å²) in [5.74, 6) is -0.859. The van der Waals surface area contributed by atoms with Gasteiger partial charge in [-0.15, -0.1) is 0 Å². The lowest BCUT2D eigenvalue weighted by Gasteiger charge is -2.27. The molecule has 0 spiro atoms. The molecule has 21 heteroatoms. The van der Waals surface area contributed by atoms with Crippen molar-refractivity contribution in [3.05, 3.63) is 46.2 Å². The fourth-order valence-electron chi connectivity index (χ4n) is 8.18. The first-order valence-corrected chi connectivity index (χ1v) is 21.8. The Balaban J connectivity index is 0.860. The number of nitrogens with zero attached hydrogens (tertiary/aromatic N) is 4. The number of hydrogen-bond acceptors (Lipinski definition) is 16. The number of anilines is 1. The van der Waals surface area contributed by atoms with E-state index in [0.717, 1.165) is 12.0 Å². The number of rotatable bonds is 23. The summed E-state index contributed by atoms with van der Waals surface area (Å²) in [5.41, 5.74) is 6.71. The van der Waals surface area contributed by atoms with Gasteiger partial charge >= 0.3 is 5.97 Å². The number of amides is 3. The molecule has 0 unspecified atom stereocenters. The number of Topliss-reactive ketones (excluding diaryl/α,β-unsaturated/α-hetero) is 1. The fraction of sp³-hybridized carbons (Fsp3) is 0.595. The molecule has 7 atom stereocenters. The summed E-state index contributed by atoms with van der Waals surface area (Å²) in [6, 6.07) is 8.05. The van der Waals surface area contributed by atoms with Gasteiger partial charge in [0.2, 0.25) is 17.7 Å². The summed E-state index contributed by atoms with van der Waals surface area (Å²) in [6.07, 6.45) is -0.953. The van der Waals surface area contributed by atoms with E-state index in [-0.39, 0.29) is 93.4 Å². The van der Waals surface area contributed by atoms with Crippen molar-refractivity contribution in [2.45, 2.75) is 76.7 Å². The minimum Gasteiger partial charge on any atom is -0.485 e. The Morgan fingerprint density at radius 1 is 0.921 bits per heavy atom. The molecule has 5 heterocycles. The van der Waals surface area contributed by atoms with Gasteiger partial charge in [0.25, 0.3) is 0 Å². The first-order valence-electron chi connectivity index (χ1n) is 21.0. The van der Waals surface area contributed by atoms with Crippen LogP contribution in [0.25, 0.3) is 10.9 Å². The number of nitrogens with one attached hydrogen (secondary N) is 2. The van der Waals surface area contributed by atoms with E-state index in [4.69, 9.17) is 43.6 Å². The molecule has 20 nitrogen and oxygen atoms in total. The molecular formula is C42H54BrN7O13. The summed E-state index contributed by atoms with van der Waals surface area (Å²) in [4.78, 5) is 70.9. The van der Waals surface area contributed by atoms with Crippen LogP contribution in [-0.4, -0.2) is 165 Å². The van der Waals surface area contributed by atoms with Crippen molar-refractivity contribution < 1.29 is 61.9 Å². The molecule has 1 aromatic carbocycles. The smallest absolute Gasteiger partial charge is 0.332 e. The van der Waals surface area contributed by atoms with Crippen molar-refractivity contribution in [3.63, 3.8) is 0 Å². The Morgan fingerprint density at radius 3 is 2.40 bits per heavy atom. The highest BCUT2D eigenvalue weighted by molar-refractivity contribution is 9.10. The number of carbonyl (C=O) groups is 5. The normalized spacial score (nSPS) is 24.6. The third-order valence-corrected chi connectivity index (χ3v) is 11.9. The molecule has 3 saturated heterocycles. The van der Waals surface area contributed by atoms with Crippen LogP contribution in [0, 0.1) is 12.3 Å². The number of carbonyl (C=O) groups excluding carboxylic acids is 5. The molecule has 3 aliphatic heterocycles. The second-order valence-electron chi connectivity index (χ2n) is 16.2. The molecule has 4 aliphatic rings. The lowest BCUT2D eigenvalue weighted by molar-refractivity contribution is -0.159. The van der Waals surface area contributed by atoms with E-state index in [1.165, 1.54) is 11.6 Å². The number of pyridine rings is 1. The quantitative estimate of drug-likeness (QED) is 0.0526. The van der Waals surface area contributed by atoms with Gasteiger partial charge in [-0.3, -0.25) is 23.9 Å². The number of aryl methyl sites for hydroxylation is 1. The fourth-order valence-corrected chi connectivity index (χ4v) is 8.49. The Morgan fingerprint density at radius 2 is 1.63 bits per heavy atom. The van der Waals surface area contributed by atoms with Crippen LogP contribution in [0.4, 0.5) is 5.82 Å². The van der Waals surface area contributed by atoms with Crippen LogP contribution < -0.4 is 21.1 Å². The van der Waals surface area contributed by atoms with E-state index in [9.17, 15) is 24.0 Å². The number of piperidine rings is 1. The van der Waals surface area contributed by atoms with Crippen LogP contribution in [0.1, 0.15) is 42.7 Å². The number of ketones is 1. The van der Waals surface area contributed by atoms with Crippen molar-refractivity contribution in [2.24, 2.45) is 11.1 Å². The minimum absolute atomic E-state index is 0.0755. The molecule has 3 amide bonds. The first-order chi connectivity index (χ1) is 30.3. The second-order valence-corrected chi connectivity index (χ2v) is 17.0. The summed E-state index contributed by atoms with van der Waals surface area (Å²) < 4.78 is 47.1. The third-order valence-electron chi connectivity index (χ3n) is 11.4. The first kappa shape index (κ1) is 46.4. The zero-order valence-corrected chi connectivity index (χ0v) is 37.1. The van der Waals surface area contributed by atoms with Gasteiger partial charge in [-0.2, -0.15) is 5.10 Å². The van der Waals surface area contributed by atoms with Crippen molar-refractivity contribution in [2.75, 3.05) is 84.5 Å². The number of likely N-dealkylation sites (tertiary alicyclic amines) is 1. The molecule has 0 bridgehead atoms. The summed E-state index contributed by atoms with van der Waals surface area (Å²) in [5, 5.41) is 10.6. The monoisotopic (exact) mass is 943 g/mol. The maximum atomic E-state index is 14.0. The van der Waals surface area contributed by atoms with Gasteiger partial charge in [0, 0.05) is 31.4 Å². The number of fused-ring (bicyclic) bond motifs is 3. The summed E-state index contributed by atoms with van der Waals surface area (Å²) >= 11 is 3.36. The SMILES string of the molecule is CC(=O)c1nn(CC(=O)N2[C@H](C(=O)Nc3nc(Br)ccc3C)C[C@@]3(C)C[C@@H]23)c2ccc(O[C@@H]3CO[C@H]4[C@@H]3OC[C@H]4OC(=O)COCCOCCNC(=O)COCCOCCN)cc12. The molecule has 7 rings (SSSR count). The topological polar surface area (TPSA) is 243 Å². The number of halogens is 1. The minimum atomic E-state index is -0.683. The standard InChI is InChI=1S/C42H54BrN7O13/c1-24-4-7-33(43)46-40(24)47-41(55)29-17-42(3)18-32(42)50(29)35(53)19-49-28-6-5-26(16-27(28)37(48-49)25(2)51)62-30-20-60-39-31(21-61-38(30)39)63-36(54)23-59-15-13-57-11-9-45-34(52)22-58-14-12-56-10-8-44/h4-7,16,29-32,38-39H,8-15,17-23,44H2,1-3H3,(H,45,52)(H,46,47,55)/t29-,30+,31+,32+,38+,39+,42-/m0/s1. The zero-order chi connectivity index (χ0) is 44.7. The molecule has 2 aromatic heterocycles. The van der Waals surface area contributed by atoms with Gasteiger partial charge in [-0.25, -0.2) is 9.78 Å². The molecule has 342 valence electrons. The average Bonchev–Trinajstić information content (AvgIpc) is 3.66. The van der Waals surface area contributed by atoms with Crippen LogP contribution in [0.15, 0.2) is 34.9 Å². The van der Waals surface area contributed by atoms with E-state index in [0.29, 0.717) is 66.4 Å². The highest BCUT2D eigenvalue weighted by atomic mass is 79.9. The largest absolute Gasteiger partial charge is 0.485 e. The molecule has 63 heavy (non-hydrogen) atoms. The number of benzene rings is 1. The van der Waals surface area contributed by atoms with Gasteiger partial charge in [-0.1, -0.05) is 13.0 Å². The molecule has 3 aromatic rings. The Bertz CT molecular complexity index is 2160. The van der Waals surface area contributed by atoms with E-state index in [2.05, 4.69) is 43.6 Å². The second kappa shape index (κ2) is 20.9. The number of esters is 1. The lowest BCUT2D eigenvalue weighted by atomic mass is 10.0. The van der Waals surface area contributed by atoms with Crippen LogP contribution in [0.2, 0.25) is 0 Å². The van der Waals surface area contributed by atoms with E-state index in [1.54, 1.807) is 29.2 Å². The predicted octanol–water partition coefficient (Wildman–Crippen LogP) is 1.32. The Kier molecular flexibility index (Phi) is 15.4. The molecular weight excluding hydrogens is 890 g/mol. The van der Waals surface area contributed by atoms with Crippen molar-refractivity contribution >= 4 is 62.1 Å². The van der Waals surface area contributed by atoms with Gasteiger partial charge in [0.05, 0.1) is 58.4 Å². The van der Waals surface area contributed by atoms with Gasteiger partial charge < -0.3 is 59.2 Å². The van der Waals surface area contributed by atoms with Crippen LogP contribution in [-0.2, 0) is 58.9 Å². The van der Waals surface area contributed by atoms with Gasteiger partial charge in [0.15, 0.2) is 18.0 Å². The van der Waals surface area contributed by atoms with Gasteiger partial charge in [0.1, 0.15) is 59.9 Å². The van der Waals surface area contributed by atoms with E-state index >= 15 is 0 Å².